The minimum absolute atomic E-state index is 0.123. The van der Waals surface area contributed by atoms with Crippen LogP contribution < -0.4 is 4.72 Å². The fourth-order valence-corrected chi connectivity index (χ4v) is 4.78. The zero-order valence-corrected chi connectivity index (χ0v) is 13.2. The van der Waals surface area contributed by atoms with Crippen LogP contribution in [0.4, 0.5) is 0 Å². The molecule has 1 aliphatic heterocycles. The fraction of sp³-hybridized carbons (Fsp3) is 0.692. The van der Waals surface area contributed by atoms with Gasteiger partial charge in [-0.2, -0.15) is 0 Å². The van der Waals surface area contributed by atoms with Gasteiger partial charge in [0.05, 0.1) is 12.7 Å². The van der Waals surface area contributed by atoms with Crippen molar-refractivity contribution >= 4 is 21.4 Å². The highest BCUT2D eigenvalue weighted by Gasteiger charge is 2.20. The molecular formula is C13H21NO4S2. The number of sulfonamides is 1. The zero-order valence-electron chi connectivity index (χ0n) is 11.6. The second-order valence-electron chi connectivity index (χ2n) is 5.00. The second-order valence-corrected chi connectivity index (χ2v) is 8.14. The lowest BCUT2D eigenvalue weighted by molar-refractivity contribution is 0.0123. The van der Waals surface area contributed by atoms with Gasteiger partial charge in [-0.3, -0.25) is 0 Å². The summed E-state index contributed by atoms with van der Waals surface area (Å²) in [4.78, 5) is 0.695. The van der Waals surface area contributed by atoms with Crippen molar-refractivity contribution in [1.82, 2.24) is 4.72 Å². The summed E-state index contributed by atoms with van der Waals surface area (Å²) in [5.41, 5.74) is 0.813. The SMILES string of the molecule is Cc1cc(S(=O)(=O)NCCC2CCCCO2)sc1CO. The Morgan fingerprint density at radius 3 is 2.90 bits per heavy atom. The number of aliphatic hydroxyl groups is 1. The normalized spacial score (nSPS) is 20.2. The first-order valence-electron chi connectivity index (χ1n) is 6.84. The highest BCUT2D eigenvalue weighted by Crippen LogP contribution is 2.25. The van der Waals surface area contributed by atoms with E-state index in [0.717, 1.165) is 42.8 Å². The molecule has 0 saturated carbocycles. The molecule has 0 aliphatic carbocycles. The van der Waals surface area contributed by atoms with Crippen LogP contribution in [0.1, 0.15) is 36.1 Å². The van der Waals surface area contributed by atoms with E-state index >= 15 is 0 Å². The van der Waals surface area contributed by atoms with Gasteiger partial charge in [0.2, 0.25) is 10.0 Å². The molecule has 0 spiro atoms. The summed E-state index contributed by atoms with van der Waals surface area (Å²) in [6, 6.07) is 1.61. The molecule has 0 radical (unpaired) electrons. The summed E-state index contributed by atoms with van der Waals surface area (Å²) in [5, 5.41) is 9.12. The molecule has 20 heavy (non-hydrogen) atoms. The van der Waals surface area contributed by atoms with E-state index in [9.17, 15) is 8.42 Å². The molecule has 0 amide bonds. The lowest BCUT2D eigenvalue weighted by atomic mass is 10.1. The number of hydrogen-bond acceptors (Lipinski definition) is 5. The van der Waals surface area contributed by atoms with Gasteiger partial charge in [0.1, 0.15) is 4.21 Å². The minimum atomic E-state index is -3.47. The fourth-order valence-electron chi connectivity index (χ4n) is 2.24. The molecule has 1 fully saturated rings. The van der Waals surface area contributed by atoms with E-state index in [2.05, 4.69) is 4.72 Å². The van der Waals surface area contributed by atoms with Gasteiger partial charge >= 0.3 is 0 Å². The smallest absolute Gasteiger partial charge is 0.250 e. The number of rotatable bonds is 6. The molecule has 1 atom stereocenters. The molecule has 1 unspecified atom stereocenters. The van der Waals surface area contributed by atoms with Crippen LogP contribution >= 0.6 is 11.3 Å². The summed E-state index contributed by atoms with van der Waals surface area (Å²) >= 11 is 1.12. The Morgan fingerprint density at radius 1 is 1.50 bits per heavy atom. The third-order valence-corrected chi connectivity index (χ3v) is 6.60. The predicted molar refractivity (Wildman–Crippen MR) is 78.4 cm³/mol. The summed E-state index contributed by atoms with van der Waals surface area (Å²) in [7, 11) is -3.47. The van der Waals surface area contributed by atoms with Crippen LogP contribution in [0.2, 0.25) is 0 Å². The summed E-state index contributed by atoms with van der Waals surface area (Å²) in [6.07, 6.45) is 4.14. The van der Waals surface area contributed by atoms with Crippen molar-refractivity contribution in [2.75, 3.05) is 13.2 Å². The van der Waals surface area contributed by atoms with Crippen molar-refractivity contribution in [3.05, 3.63) is 16.5 Å². The zero-order chi connectivity index (χ0) is 14.6. The standard InChI is InChI=1S/C13H21NO4S2/c1-10-8-13(19-12(10)9-15)20(16,17)14-6-5-11-4-2-3-7-18-11/h8,11,14-15H,2-7,9H2,1H3. The Bertz CT molecular complexity index is 533. The maximum absolute atomic E-state index is 12.1. The summed E-state index contributed by atoms with van der Waals surface area (Å²) < 4.78 is 32.7. The molecule has 2 heterocycles. The van der Waals surface area contributed by atoms with E-state index in [4.69, 9.17) is 9.84 Å². The van der Waals surface area contributed by atoms with Gasteiger partial charge in [0, 0.05) is 18.0 Å². The Kier molecular flexibility index (Phi) is 5.57. The molecule has 1 aliphatic rings. The van der Waals surface area contributed by atoms with Crippen molar-refractivity contribution in [3.8, 4) is 0 Å². The van der Waals surface area contributed by atoms with Gasteiger partial charge < -0.3 is 9.84 Å². The van der Waals surface area contributed by atoms with Crippen LogP contribution in [0.3, 0.4) is 0 Å². The highest BCUT2D eigenvalue weighted by atomic mass is 32.2. The van der Waals surface area contributed by atoms with Gasteiger partial charge in [-0.05, 0) is 44.2 Å². The molecular weight excluding hydrogens is 298 g/mol. The van der Waals surface area contributed by atoms with Gasteiger partial charge in [0.25, 0.3) is 0 Å². The van der Waals surface area contributed by atoms with Gasteiger partial charge in [-0.25, -0.2) is 13.1 Å². The van der Waals surface area contributed by atoms with Crippen molar-refractivity contribution < 1.29 is 18.3 Å². The minimum Gasteiger partial charge on any atom is -0.391 e. The molecule has 0 bridgehead atoms. The van der Waals surface area contributed by atoms with Gasteiger partial charge in [-0.1, -0.05) is 0 Å². The van der Waals surface area contributed by atoms with Gasteiger partial charge in [-0.15, -0.1) is 11.3 Å². The first kappa shape index (κ1) is 15.9. The van der Waals surface area contributed by atoms with E-state index in [1.165, 1.54) is 0 Å². The number of nitrogens with one attached hydrogen (secondary N) is 1. The van der Waals surface area contributed by atoms with E-state index < -0.39 is 10.0 Å². The molecule has 2 rings (SSSR count). The van der Waals surface area contributed by atoms with E-state index in [-0.39, 0.29) is 16.9 Å². The lowest BCUT2D eigenvalue weighted by Gasteiger charge is -2.22. The number of ether oxygens (including phenoxy) is 1. The van der Waals surface area contributed by atoms with Crippen molar-refractivity contribution in [2.24, 2.45) is 0 Å². The van der Waals surface area contributed by atoms with Crippen LogP contribution in [0, 0.1) is 6.92 Å². The third-order valence-electron chi connectivity index (χ3n) is 3.44. The average molecular weight is 319 g/mol. The first-order valence-corrected chi connectivity index (χ1v) is 9.14. The Labute approximate surface area is 124 Å². The Hall–Kier alpha value is -0.470. The van der Waals surface area contributed by atoms with Gasteiger partial charge in [0.15, 0.2) is 0 Å². The Balaban J connectivity index is 1.89. The first-order chi connectivity index (χ1) is 9.53. The topological polar surface area (TPSA) is 75.6 Å². The summed E-state index contributed by atoms with van der Waals surface area (Å²) in [6.45, 7) is 2.85. The second kappa shape index (κ2) is 7.00. The molecule has 5 nitrogen and oxygen atoms in total. The Morgan fingerprint density at radius 2 is 2.30 bits per heavy atom. The average Bonchev–Trinajstić information content (AvgIpc) is 2.82. The molecule has 0 aromatic carbocycles. The van der Waals surface area contributed by atoms with Crippen molar-refractivity contribution in [2.45, 2.75) is 49.5 Å². The molecule has 1 aromatic rings. The highest BCUT2D eigenvalue weighted by molar-refractivity contribution is 7.91. The number of aryl methyl sites for hydroxylation is 1. The molecule has 7 heteroatoms. The lowest BCUT2D eigenvalue weighted by Crippen LogP contribution is -2.29. The van der Waals surface area contributed by atoms with Crippen LogP contribution in [0.5, 0.6) is 0 Å². The quantitative estimate of drug-likeness (QED) is 0.838. The maximum Gasteiger partial charge on any atom is 0.250 e. The molecule has 1 aromatic heterocycles. The summed E-state index contributed by atoms with van der Waals surface area (Å²) in [5.74, 6) is 0. The third kappa shape index (κ3) is 4.02. The van der Waals surface area contributed by atoms with Crippen LogP contribution in [0.25, 0.3) is 0 Å². The van der Waals surface area contributed by atoms with Crippen molar-refractivity contribution in [1.29, 1.82) is 0 Å². The van der Waals surface area contributed by atoms with Crippen molar-refractivity contribution in [3.63, 3.8) is 0 Å². The number of hydrogen-bond donors (Lipinski definition) is 2. The predicted octanol–water partition coefficient (Wildman–Crippen LogP) is 1.79. The largest absolute Gasteiger partial charge is 0.391 e. The molecule has 114 valence electrons. The van der Waals surface area contributed by atoms with Crippen LogP contribution in [-0.2, 0) is 21.4 Å². The number of aliphatic hydroxyl groups excluding tert-OH is 1. The van der Waals surface area contributed by atoms with E-state index in [1.807, 2.05) is 0 Å². The monoisotopic (exact) mass is 319 g/mol. The maximum atomic E-state index is 12.1. The van der Waals surface area contributed by atoms with E-state index in [0.29, 0.717) is 17.8 Å². The number of thiophene rings is 1. The van der Waals surface area contributed by atoms with Crippen LogP contribution in [0.15, 0.2) is 10.3 Å². The van der Waals surface area contributed by atoms with E-state index in [1.54, 1.807) is 13.0 Å². The molecule has 2 N–H and O–H groups in total. The molecule has 1 saturated heterocycles. The van der Waals surface area contributed by atoms with Crippen LogP contribution in [-0.4, -0.2) is 32.8 Å².